The number of benzene rings is 1. The lowest BCUT2D eigenvalue weighted by Crippen LogP contribution is -2.31. The number of esters is 1. The molecule has 6 nitrogen and oxygen atoms in total. The van der Waals surface area contributed by atoms with E-state index in [1.807, 2.05) is 0 Å². The Balaban J connectivity index is 2.46. The van der Waals surface area contributed by atoms with E-state index in [1.165, 1.54) is 22.7 Å². The first kappa shape index (κ1) is 20.1. The van der Waals surface area contributed by atoms with E-state index in [0.717, 1.165) is 19.2 Å². The van der Waals surface area contributed by atoms with Gasteiger partial charge in [-0.15, -0.1) is 11.8 Å². The Bertz CT molecular complexity index is 750. The van der Waals surface area contributed by atoms with Gasteiger partial charge in [0.1, 0.15) is 5.70 Å². The fraction of sp³-hybridized carbons (Fsp3) is 0.375. The Labute approximate surface area is 152 Å². The second-order valence-electron chi connectivity index (χ2n) is 5.33. The van der Waals surface area contributed by atoms with Gasteiger partial charge in [-0.3, -0.25) is 4.79 Å². The number of carbonyl (C=O) groups excluding carboxylic acids is 2. The third kappa shape index (κ3) is 4.13. The van der Waals surface area contributed by atoms with Crippen LogP contribution in [0.5, 0.6) is 0 Å². The molecule has 0 bridgehead atoms. The Morgan fingerprint density at radius 2 is 2.12 bits per heavy atom. The van der Waals surface area contributed by atoms with E-state index >= 15 is 0 Å². The van der Waals surface area contributed by atoms with E-state index in [9.17, 15) is 22.8 Å². The number of aliphatic hydroxyl groups excluding tert-OH is 1. The first-order valence-corrected chi connectivity index (χ1v) is 8.69. The molecule has 0 radical (unpaired) electrons. The van der Waals surface area contributed by atoms with Crippen LogP contribution in [0.1, 0.15) is 5.56 Å². The molecule has 1 aromatic rings. The molecule has 1 aliphatic heterocycles. The molecular formula is C16H17F3N2O4S. The number of nitrogens with zero attached hydrogens (tertiary/aromatic N) is 1. The van der Waals surface area contributed by atoms with Crippen molar-refractivity contribution in [2.24, 2.45) is 0 Å². The highest BCUT2D eigenvalue weighted by molar-refractivity contribution is 7.98. The van der Waals surface area contributed by atoms with Crippen LogP contribution in [0.25, 0.3) is 0 Å². The highest BCUT2D eigenvalue weighted by Gasteiger charge is 2.36. The number of carbonyl (C=O) groups is 2. The van der Waals surface area contributed by atoms with Crippen LogP contribution in [0, 0.1) is 0 Å². The van der Waals surface area contributed by atoms with Gasteiger partial charge in [0.2, 0.25) is 0 Å². The van der Waals surface area contributed by atoms with Crippen LogP contribution < -0.4 is 5.32 Å². The summed E-state index contributed by atoms with van der Waals surface area (Å²) >= 11 is 1.19. The molecular weight excluding hydrogens is 373 g/mol. The van der Waals surface area contributed by atoms with Crippen molar-refractivity contribution in [2.45, 2.75) is 11.1 Å². The van der Waals surface area contributed by atoms with Gasteiger partial charge in [0.25, 0.3) is 5.91 Å². The van der Waals surface area contributed by atoms with Crippen LogP contribution in [-0.4, -0.2) is 54.9 Å². The number of hydrogen-bond donors (Lipinski definition) is 2. The van der Waals surface area contributed by atoms with Gasteiger partial charge >= 0.3 is 12.1 Å². The summed E-state index contributed by atoms with van der Waals surface area (Å²) in [5.41, 5.74) is -0.978. The number of thioether (sulfide) groups is 1. The number of β-amino-alcohol motifs (C(OH)–C–C–N with tert-alkyl or cyclic N) is 1. The molecule has 0 saturated heterocycles. The summed E-state index contributed by atoms with van der Waals surface area (Å²) in [7, 11) is 1.14. The second kappa shape index (κ2) is 8.00. The molecule has 0 atom stereocenters. The van der Waals surface area contributed by atoms with E-state index in [-0.39, 0.29) is 36.7 Å². The maximum absolute atomic E-state index is 13.0. The highest BCUT2D eigenvalue weighted by atomic mass is 32.2. The first-order chi connectivity index (χ1) is 12.2. The molecule has 0 aliphatic carbocycles. The number of alkyl halides is 3. The second-order valence-corrected chi connectivity index (χ2v) is 6.18. The lowest BCUT2D eigenvalue weighted by Gasteiger charge is -2.17. The van der Waals surface area contributed by atoms with Crippen molar-refractivity contribution in [2.75, 3.05) is 38.4 Å². The van der Waals surface area contributed by atoms with Crippen LogP contribution in [-0.2, 0) is 20.5 Å². The normalized spacial score (nSPS) is 14.8. The molecule has 26 heavy (non-hydrogen) atoms. The van der Waals surface area contributed by atoms with Gasteiger partial charge in [0.05, 0.1) is 37.1 Å². The lowest BCUT2D eigenvalue weighted by molar-refractivity contribution is -0.138. The molecule has 2 N–H and O–H groups in total. The van der Waals surface area contributed by atoms with E-state index in [1.54, 1.807) is 6.26 Å². The molecule has 0 aromatic heterocycles. The third-order valence-electron chi connectivity index (χ3n) is 3.74. The predicted octanol–water partition coefficient (Wildman–Crippen LogP) is 2.10. The third-order valence-corrected chi connectivity index (χ3v) is 4.54. The van der Waals surface area contributed by atoms with Crippen LogP contribution in [0.15, 0.2) is 34.4 Å². The molecule has 0 saturated carbocycles. The summed E-state index contributed by atoms with van der Waals surface area (Å²) in [5, 5.41) is 11.7. The number of nitrogens with one attached hydrogen (secondary N) is 1. The quantitative estimate of drug-likeness (QED) is 0.572. The summed E-state index contributed by atoms with van der Waals surface area (Å²) in [4.78, 5) is 26.1. The van der Waals surface area contributed by atoms with Crippen molar-refractivity contribution >= 4 is 29.3 Å². The summed E-state index contributed by atoms with van der Waals surface area (Å²) in [5.74, 6) is -1.36. The van der Waals surface area contributed by atoms with Gasteiger partial charge < -0.3 is 20.1 Å². The van der Waals surface area contributed by atoms with Crippen LogP contribution in [0.2, 0.25) is 0 Å². The van der Waals surface area contributed by atoms with Crippen molar-refractivity contribution in [3.05, 3.63) is 35.0 Å². The Kier molecular flexibility index (Phi) is 6.19. The zero-order valence-electron chi connectivity index (χ0n) is 14.0. The summed E-state index contributed by atoms with van der Waals surface area (Å²) in [6.45, 7) is -0.419. The number of ether oxygens (including phenoxy) is 1. The van der Waals surface area contributed by atoms with Crippen molar-refractivity contribution < 1.29 is 32.6 Å². The van der Waals surface area contributed by atoms with Gasteiger partial charge in [0.15, 0.2) is 0 Å². The van der Waals surface area contributed by atoms with Crippen molar-refractivity contribution in [1.29, 1.82) is 0 Å². The van der Waals surface area contributed by atoms with Gasteiger partial charge in [-0.25, -0.2) is 4.79 Å². The lowest BCUT2D eigenvalue weighted by atomic mass is 10.1. The number of methoxy groups -OCH3 is 1. The molecule has 0 spiro atoms. The van der Waals surface area contributed by atoms with E-state index in [2.05, 4.69) is 10.1 Å². The van der Waals surface area contributed by atoms with Crippen LogP contribution in [0.4, 0.5) is 18.9 Å². The smallest absolute Gasteiger partial charge is 0.416 e. The minimum absolute atomic E-state index is 0.00425. The largest absolute Gasteiger partial charge is 0.466 e. The van der Waals surface area contributed by atoms with E-state index in [4.69, 9.17) is 5.11 Å². The van der Waals surface area contributed by atoms with Crippen LogP contribution >= 0.6 is 11.8 Å². The van der Waals surface area contributed by atoms with Gasteiger partial charge in [-0.05, 0) is 24.5 Å². The molecule has 10 heteroatoms. The number of halogens is 3. The molecule has 0 unspecified atom stereocenters. The fourth-order valence-electron chi connectivity index (χ4n) is 2.47. The number of hydrogen-bond acceptors (Lipinski definition) is 6. The molecule has 1 amide bonds. The summed E-state index contributed by atoms with van der Waals surface area (Å²) < 4.78 is 43.6. The van der Waals surface area contributed by atoms with Crippen molar-refractivity contribution in [1.82, 2.24) is 4.90 Å². The number of rotatable bonds is 6. The Hall–Kier alpha value is -2.20. The molecule has 142 valence electrons. The molecule has 1 aromatic carbocycles. The molecule has 2 rings (SSSR count). The number of aliphatic hydroxyl groups is 1. The fourth-order valence-corrected chi connectivity index (χ4v) is 3.00. The average Bonchev–Trinajstić information content (AvgIpc) is 2.90. The summed E-state index contributed by atoms with van der Waals surface area (Å²) in [6.07, 6.45) is -2.87. The molecule has 1 aliphatic rings. The predicted molar refractivity (Wildman–Crippen MR) is 89.6 cm³/mol. The monoisotopic (exact) mass is 390 g/mol. The van der Waals surface area contributed by atoms with Crippen molar-refractivity contribution in [3.63, 3.8) is 0 Å². The number of anilines is 1. The maximum atomic E-state index is 13.0. The van der Waals surface area contributed by atoms with Gasteiger partial charge in [-0.2, -0.15) is 13.2 Å². The summed E-state index contributed by atoms with van der Waals surface area (Å²) in [6, 6.07) is 3.12. The topological polar surface area (TPSA) is 78.9 Å². The number of amides is 1. The van der Waals surface area contributed by atoms with Crippen LogP contribution in [0.3, 0.4) is 0 Å². The van der Waals surface area contributed by atoms with E-state index < -0.39 is 23.6 Å². The van der Waals surface area contributed by atoms with Crippen molar-refractivity contribution in [3.8, 4) is 0 Å². The maximum Gasteiger partial charge on any atom is 0.416 e. The van der Waals surface area contributed by atoms with Gasteiger partial charge in [-0.1, -0.05) is 0 Å². The Morgan fingerprint density at radius 3 is 2.65 bits per heavy atom. The molecule has 0 fully saturated rings. The van der Waals surface area contributed by atoms with E-state index in [0.29, 0.717) is 4.90 Å². The minimum atomic E-state index is -4.55. The van der Waals surface area contributed by atoms with Gasteiger partial charge in [0, 0.05) is 11.4 Å². The standard InChI is InChI=1S/C16H17F3N2O4S/c1-25-15(24)10-8-21(5-6-22)14(23)13(10)20-11-7-9(16(17,18)19)3-4-12(11)26-2/h3-4,7,20,22H,5-6,8H2,1-2H3. The SMILES string of the molecule is COC(=O)C1=C(Nc2cc(C(F)(F)F)ccc2SC)C(=O)N(CCO)C1. The first-order valence-electron chi connectivity index (χ1n) is 7.46. The average molecular weight is 390 g/mol. The zero-order chi connectivity index (χ0) is 19.5. The highest BCUT2D eigenvalue weighted by Crippen LogP contribution is 2.36. The minimum Gasteiger partial charge on any atom is -0.466 e. The molecule has 1 heterocycles. The zero-order valence-corrected chi connectivity index (χ0v) is 14.8. The Morgan fingerprint density at radius 1 is 1.42 bits per heavy atom.